The number of carbonyl (C=O) groups is 1. The molecule has 8 atom stereocenters. The van der Waals surface area contributed by atoms with Gasteiger partial charge in [-0.05, 0) is 42.7 Å². The third-order valence-corrected chi connectivity index (χ3v) is 6.52. The minimum absolute atomic E-state index is 0.0728. The van der Waals surface area contributed by atoms with Crippen molar-refractivity contribution in [3.05, 3.63) is 60.2 Å². The molecule has 2 aromatic rings. The van der Waals surface area contributed by atoms with E-state index in [0.717, 1.165) is 5.56 Å². The van der Waals surface area contributed by atoms with Crippen LogP contribution < -0.4 is 10.1 Å². The van der Waals surface area contributed by atoms with Crippen molar-refractivity contribution < 1.29 is 48.9 Å². The second-order valence-corrected chi connectivity index (χ2v) is 9.56. The Labute approximate surface area is 227 Å². The molecule has 216 valence electrons. The zero-order chi connectivity index (χ0) is 28.4. The lowest BCUT2D eigenvalue weighted by Gasteiger charge is -2.39. The van der Waals surface area contributed by atoms with Gasteiger partial charge in [0, 0.05) is 6.42 Å². The van der Waals surface area contributed by atoms with Crippen molar-refractivity contribution in [2.75, 3.05) is 13.2 Å². The summed E-state index contributed by atoms with van der Waals surface area (Å²) in [7, 11) is 0. The highest BCUT2D eigenvalue weighted by atomic mass is 19.1. The van der Waals surface area contributed by atoms with E-state index in [4.69, 9.17) is 14.2 Å². The van der Waals surface area contributed by atoms with Crippen molar-refractivity contribution in [1.29, 1.82) is 0 Å². The van der Waals surface area contributed by atoms with Gasteiger partial charge < -0.3 is 45.1 Å². The largest absolute Gasteiger partial charge is 0.457 e. The van der Waals surface area contributed by atoms with Gasteiger partial charge in [-0.2, -0.15) is 0 Å². The van der Waals surface area contributed by atoms with E-state index in [2.05, 4.69) is 5.32 Å². The lowest BCUT2D eigenvalue weighted by Crippen LogP contribution is -2.59. The summed E-state index contributed by atoms with van der Waals surface area (Å²) in [6.07, 6.45) is -9.82. The van der Waals surface area contributed by atoms with Crippen molar-refractivity contribution in [1.82, 2.24) is 5.32 Å². The SMILES string of the molecule is CCC[C@@H](O)[C@@H](O)[C@H](CO[C@H]1OC(CO)[C@H](F)[C@H](O)C1O)NC(=O)CCc1ccc(Oc2ccccc2)cc1. The molecule has 1 amide bonds. The Morgan fingerprint density at radius 3 is 2.36 bits per heavy atom. The van der Waals surface area contributed by atoms with E-state index in [1.807, 2.05) is 49.4 Å². The predicted molar refractivity (Wildman–Crippen MR) is 139 cm³/mol. The van der Waals surface area contributed by atoms with Crippen molar-refractivity contribution >= 4 is 5.91 Å². The molecular weight excluding hydrogens is 513 g/mol. The Kier molecular flexibility index (Phi) is 12.1. The Bertz CT molecular complexity index is 994. The number of para-hydroxylation sites is 1. The van der Waals surface area contributed by atoms with Crippen LogP contribution in [-0.4, -0.2) is 93.7 Å². The molecule has 0 aromatic heterocycles. The van der Waals surface area contributed by atoms with Crippen LogP contribution in [0.15, 0.2) is 54.6 Å². The number of hydrogen-bond donors (Lipinski definition) is 6. The minimum Gasteiger partial charge on any atom is -0.457 e. The van der Waals surface area contributed by atoms with E-state index in [1.54, 1.807) is 12.1 Å². The monoisotopic (exact) mass is 551 g/mol. The molecule has 2 unspecified atom stereocenters. The van der Waals surface area contributed by atoms with Crippen LogP contribution in [0.1, 0.15) is 31.7 Å². The van der Waals surface area contributed by atoms with E-state index in [0.29, 0.717) is 24.3 Å². The number of nitrogens with one attached hydrogen (secondary N) is 1. The highest BCUT2D eigenvalue weighted by Gasteiger charge is 2.45. The number of alkyl halides is 1. The molecule has 6 N–H and O–H groups in total. The van der Waals surface area contributed by atoms with Gasteiger partial charge in [-0.15, -0.1) is 0 Å². The van der Waals surface area contributed by atoms with Gasteiger partial charge in [0.05, 0.1) is 25.4 Å². The summed E-state index contributed by atoms with van der Waals surface area (Å²) in [6, 6.07) is 15.5. The van der Waals surface area contributed by atoms with Gasteiger partial charge >= 0.3 is 0 Å². The molecule has 39 heavy (non-hydrogen) atoms. The molecule has 10 nitrogen and oxygen atoms in total. The van der Waals surface area contributed by atoms with E-state index >= 15 is 0 Å². The van der Waals surface area contributed by atoms with Crippen molar-refractivity contribution in [2.45, 2.75) is 81.6 Å². The number of benzene rings is 2. The first kappa shape index (κ1) is 30.9. The second kappa shape index (κ2) is 15.2. The molecule has 1 aliphatic rings. The van der Waals surface area contributed by atoms with Crippen LogP contribution in [0.2, 0.25) is 0 Å². The van der Waals surface area contributed by atoms with Gasteiger partial charge in [-0.1, -0.05) is 43.7 Å². The molecule has 0 radical (unpaired) electrons. The first-order valence-electron chi connectivity index (χ1n) is 13.1. The molecule has 11 heteroatoms. The minimum atomic E-state index is -2.02. The first-order valence-corrected chi connectivity index (χ1v) is 13.1. The summed E-state index contributed by atoms with van der Waals surface area (Å²) in [6.45, 7) is 0.664. The summed E-state index contributed by atoms with van der Waals surface area (Å²) in [4.78, 5) is 12.7. The number of carbonyl (C=O) groups excluding carboxylic acids is 1. The molecule has 3 rings (SSSR count). The zero-order valence-electron chi connectivity index (χ0n) is 21.8. The predicted octanol–water partition coefficient (Wildman–Crippen LogP) is 1.21. The van der Waals surface area contributed by atoms with E-state index < -0.39 is 68.1 Å². The average molecular weight is 552 g/mol. The average Bonchev–Trinajstić information content (AvgIpc) is 2.94. The fourth-order valence-electron chi connectivity index (χ4n) is 4.22. The van der Waals surface area contributed by atoms with Gasteiger partial charge in [-0.25, -0.2) is 4.39 Å². The normalized spacial score (nSPS) is 25.5. The van der Waals surface area contributed by atoms with Crippen LogP contribution in [0.4, 0.5) is 4.39 Å². The standard InChI is InChI=1S/C28H38FNO9/c1-2-6-21(32)25(34)20(16-37-28-27(36)26(35)24(29)22(15-31)39-28)30-23(33)14-11-17-9-12-19(13-10-17)38-18-7-4-3-5-8-18/h3-5,7-10,12-13,20-22,24-28,31-32,34-36H,2,6,11,14-16H2,1H3,(H,30,33)/t20-,21+,22?,24-,25-,26-,27?,28-/m0/s1. The molecule has 0 aliphatic carbocycles. The molecule has 0 saturated carbocycles. The van der Waals surface area contributed by atoms with Gasteiger partial charge in [0.1, 0.15) is 35.9 Å². The molecule has 0 spiro atoms. The smallest absolute Gasteiger partial charge is 0.220 e. The van der Waals surface area contributed by atoms with Crippen LogP contribution in [0.3, 0.4) is 0 Å². The van der Waals surface area contributed by atoms with E-state index in [-0.39, 0.29) is 12.8 Å². The number of amides is 1. The van der Waals surface area contributed by atoms with Crippen LogP contribution in [0.5, 0.6) is 11.5 Å². The Morgan fingerprint density at radius 1 is 1.05 bits per heavy atom. The molecular formula is C28H38FNO9. The number of aliphatic hydroxyl groups is 5. The molecule has 0 bridgehead atoms. The number of hydrogen-bond acceptors (Lipinski definition) is 9. The van der Waals surface area contributed by atoms with E-state index in [1.165, 1.54) is 0 Å². The summed E-state index contributed by atoms with van der Waals surface area (Å²) in [5.41, 5.74) is 0.883. The van der Waals surface area contributed by atoms with Crippen LogP contribution in [-0.2, 0) is 20.7 Å². The number of aliphatic hydroxyl groups excluding tert-OH is 5. The molecule has 1 aliphatic heterocycles. The molecule has 2 aromatic carbocycles. The summed E-state index contributed by atoms with van der Waals surface area (Å²) < 4.78 is 30.5. The molecule has 1 fully saturated rings. The third kappa shape index (κ3) is 8.94. The number of rotatable bonds is 14. The van der Waals surface area contributed by atoms with Crippen LogP contribution in [0.25, 0.3) is 0 Å². The first-order chi connectivity index (χ1) is 18.7. The van der Waals surface area contributed by atoms with Crippen molar-refractivity contribution in [3.63, 3.8) is 0 Å². The van der Waals surface area contributed by atoms with E-state index in [9.17, 15) is 34.7 Å². The third-order valence-electron chi connectivity index (χ3n) is 6.52. The molecule has 1 saturated heterocycles. The maximum atomic E-state index is 14.0. The summed E-state index contributed by atoms with van der Waals surface area (Å²) in [5, 5.41) is 53.0. The summed E-state index contributed by atoms with van der Waals surface area (Å²) >= 11 is 0. The number of halogens is 1. The fraction of sp³-hybridized carbons (Fsp3) is 0.536. The Morgan fingerprint density at radius 2 is 1.72 bits per heavy atom. The fourth-order valence-corrected chi connectivity index (χ4v) is 4.22. The van der Waals surface area contributed by atoms with Crippen molar-refractivity contribution in [2.24, 2.45) is 0 Å². The number of aryl methyl sites for hydroxylation is 1. The van der Waals surface area contributed by atoms with Gasteiger partial charge in [0.2, 0.25) is 5.91 Å². The number of ether oxygens (including phenoxy) is 3. The quantitative estimate of drug-likeness (QED) is 0.203. The Hall–Kier alpha value is -2.64. The Balaban J connectivity index is 1.56. The highest BCUT2D eigenvalue weighted by molar-refractivity contribution is 5.76. The lowest BCUT2D eigenvalue weighted by atomic mass is 10.00. The highest BCUT2D eigenvalue weighted by Crippen LogP contribution is 2.25. The maximum absolute atomic E-state index is 14.0. The molecule has 1 heterocycles. The second-order valence-electron chi connectivity index (χ2n) is 9.56. The summed E-state index contributed by atoms with van der Waals surface area (Å²) in [5.74, 6) is 0.941. The zero-order valence-corrected chi connectivity index (χ0v) is 21.8. The van der Waals surface area contributed by atoms with Crippen molar-refractivity contribution in [3.8, 4) is 11.5 Å². The van der Waals surface area contributed by atoms with Crippen LogP contribution in [0, 0.1) is 0 Å². The maximum Gasteiger partial charge on any atom is 0.220 e. The van der Waals surface area contributed by atoms with Gasteiger partial charge in [0.25, 0.3) is 0 Å². The van der Waals surface area contributed by atoms with Crippen LogP contribution >= 0.6 is 0 Å². The van der Waals surface area contributed by atoms with Gasteiger partial charge in [0.15, 0.2) is 12.5 Å². The lowest BCUT2D eigenvalue weighted by molar-refractivity contribution is -0.293. The topological polar surface area (TPSA) is 158 Å². The van der Waals surface area contributed by atoms with Gasteiger partial charge in [-0.3, -0.25) is 4.79 Å².